The van der Waals surface area contributed by atoms with E-state index in [2.05, 4.69) is 0 Å². The van der Waals surface area contributed by atoms with Crippen LogP contribution in [0.2, 0.25) is 0 Å². The minimum absolute atomic E-state index is 0.342. The topological polar surface area (TPSA) is 76.7 Å². The van der Waals surface area contributed by atoms with Gasteiger partial charge < -0.3 is 14.3 Å². The lowest BCUT2D eigenvalue weighted by molar-refractivity contribution is -0.144. The Labute approximate surface area is 135 Å². The molecule has 1 aromatic carbocycles. The van der Waals surface area contributed by atoms with Gasteiger partial charge >= 0.3 is 11.6 Å². The third-order valence-electron chi connectivity index (χ3n) is 3.52. The van der Waals surface area contributed by atoms with Gasteiger partial charge in [-0.3, -0.25) is 0 Å². The largest absolute Gasteiger partial charge is 0.479 e. The molecule has 0 amide bonds. The van der Waals surface area contributed by atoms with E-state index in [0.29, 0.717) is 11.3 Å². The normalized spacial score (nSPS) is 12.3. The van der Waals surface area contributed by atoms with Crippen molar-refractivity contribution in [3.63, 3.8) is 0 Å². The van der Waals surface area contributed by atoms with E-state index in [1.807, 2.05) is 17.7 Å². The molecule has 0 unspecified atom stereocenters. The SMILES string of the molecule is Cc1cscc1-c1cc(=O)oc2cc(O[C@H](C)C(=O)O)ccc12. The molecule has 0 saturated carbocycles. The maximum atomic E-state index is 11.9. The van der Waals surface area contributed by atoms with Gasteiger partial charge in [0, 0.05) is 23.1 Å². The van der Waals surface area contributed by atoms with E-state index in [0.717, 1.165) is 22.1 Å². The van der Waals surface area contributed by atoms with Gasteiger partial charge in [-0.1, -0.05) is 0 Å². The van der Waals surface area contributed by atoms with E-state index < -0.39 is 17.7 Å². The minimum Gasteiger partial charge on any atom is -0.479 e. The number of aryl methyl sites for hydroxylation is 1. The zero-order chi connectivity index (χ0) is 16.6. The first-order chi connectivity index (χ1) is 11.0. The van der Waals surface area contributed by atoms with Gasteiger partial charge in [-0.05, 0) is 47.9 Å². The summed E-state index contributed by atoms with van der Waals surface area (Å²) < 4.78 is 10.6. The molecule has 0 aliphatic heterocycles. The fraction of sp³-hybridized carbons (Fsp3) is 0.176. The van der Waals surface area contributed by atoms with Crippen molar-refractivity contribution in [1.29, 1.82) is 0 Å². The van der Waals surface area contributed by atoms with Crippen LogP contribution in [0.25, 0.3) is 22.1 Å². The number of hydrogen-bond donors (Lipinski definition) is 1. The Morgan fingerprint density at radius 1 is 1.26 bits per heavy atom. The molecule has 0 fully saturated rings. The van der Waals surface area contributed by atoms with Crippen LogP contribution < -0.4 is 10.4 Å². The first-order valence-electron chi connectivity index (χ1n) is 6.96. The molecule has 1 N–H and O–H groups in total. The van der Waals surface area contributed by atoms with E-state index in [-0.39, 0.29) is 0 Å². The van der Waals surface area contributed by atoms with Crippen molar-refractivity contribution in [3.8, 4) is 16.9 Å². The second-order valence-electron chi connectivity index (χ2n) is 5.20. The van der Waals surface area contributed by atoms with Crippen LogP contribution in [0.3, 0.4) is 0 Å². The number of aliphatic carboxylic acids is 1. The van der Waals surface area contributed by atoms with Crippen LogP contribution in [-0.4, -0.2) is 17.2 Å². The summed E-state index contributed by atoms with van der Waals surface area (Å²) in [5.74, 6) is -0.719. The quantitative estimate of drug-likeness (QED) is 0.738. The Kier molecular flexibility index (Phi) is 3.92. The molecule has 23 heavy (non-hydrogen) atoms. The van der Waals surface area contributed by atoms with E-state index >= 15 is 0 Å². The van der Waals surface area contributed by atoms with E-state index in [4.69, 9.17) is 14.3 Å². The highest BCUT2D eigenvalue weighted by molar-refractivity contribution is 7.08. The highest BCUT2D eigenvalue weighted by Crippen LogP contribution is 2.33. The molecule has 0 aliphatic rings. The summed E-state index contributed by atoms with van der Waals surface area (Å²) in [5.41, 5.74) is 2.78. The molecule has 3 aromatic rings. The second kappa shape index (κ2) is 5.89. The number of benzene rings is 1. The summed E-state index contributed by atoms with van der Waals surface area (Å²) in [4.78, 5) is 22.7. The van der Waals surface area contributed by atoms with Crippen LogP contribution in [-0.2, 0) is 4.79 Å². The molecule has 0 saturated heterocycles. The summed E-state index contributed by atoms with van der Waals surface area (Å²) in [6.07, 6.45) is -0.985. The van der Waals surface area contributed by atoms with Crippen molar-refractivity contribution in [2.24, 2.45) is 0 Å². The number of hydrogen-bond acceptors (Lipinski definition) is 5. The number of fused-ring (bicyclic) bond motifs is 1. The Bertz CT molecular complexity index is 938. The fourth-order valence-corrected chi connectivity index (χ4v) is 3.18. The number of ether oxygens (including phenoxy) is 1. The standard InChI is InChI=1S/C17H14O5S/c1-9-7-23-8-14(9)13-6-16(18)22-15-5-11(3-4-12(13)15)21-10(2)17(19)20/h3-8,10H,1-2H3,(H,19,20)/t10-/m1/s1. The predicted octanol–water partition coefficient (Wildman–Crippen LogP) is 3.68. The first kappa shape index (κ1) is 15.3. The highest BCUT2D eigenvalue weighted by atomic mass is 32.1. The average molecular weight is 330 g/mol. The van der Waals surface area contributed by atoms with Crippen LogP contribution in [0.5, 0.6) is 5.75 Å². The van der Waals surface area contributed by atoms with E-state index in [1.54, 1.807) is 29.5 Å². The summed E-state index contributed by atoms with van der Waals surface area (Å²) in [6, 6.07) is 6.46. The van der Waals surface area contributed by atoms with Crippen molar-refractivity contribution < 1.29 is 19.1 Å². The lowest BCUT2D eigenvalue weighted by Gasteiger charge is -2.11. The van der Waals surface area contributed by atoms with Gasteiger partial charge in [-0.25, -0.2) is 9.59 Å². The molecule has 6 heteroatoms. The van der Waals surface area contributed by atoms with E-state index in [1.165, 1.54) is 13.0 Å². The number of rotatable bonds is 4. The molecule has 118 valence electrons. The summed E-state index contributed by atoms with van der Waals surface area (Å²) in [7, 11) is 0. The van der Waals surface area contributed by atoms with Crippen molar-refractivity contribution in [3.05, 3.63) is 51.0 Å². The average Bonchev–Trinajstić information content (AvgIpc) is 2.91. The smallest absolute Gasteiger partial charge is 0.344 e. The Hall–Kier alpha value is -2.60. The maximum absolute atomic E-state index is 11.9. The van der Waals surface area contributed by atoms with Crippen molar-refractivity contribution in [2.45, 2.75) is 20.0 Å². The molecular formula is C17H14O5S. The van der Waals surface area contributed by atoms with Crippen molar-refractivity contribution in [1.82, 2.24) is 0 Å². The van der Waals surface area contributed by atoms with Gasteiger partial charge in [-0.15, -0.1) is 0 Å². The van der Waals surface area contributed by atoms with Gasteiger partial charge in [0.15, 0.2) is 6.10 Å². The lowest BCUT2D eigenvalue weighted by atomic mass is 10.0. The Morgan fingerprint density at radius 3 is 2.70 bits per heavy atom. The number of carbonyl (C=O) groups is 1. The highest BCUT2D eigenvalue weighted by Gasteiger charge is 2.15. The first-order valence-corrected chi connectivity index (χ1v) is 7.90. The second-order valence-corrected chi connectivity index (χ2v) is 5.95. The molecule has 3 rings (SSSR count). The van der Waals surface area contributed by atoms with E-state index in [9.17, 15) is 9.59 Å². The molecular weight excluding hydrogens is 316 g/mol. The molecule has 2 aromatic heterocycles. The van der Waals surface area contributed by atoms with Crippen LogP contribution in [0, 0.1) is 6.92 Å². The lowest BCUT2D eigenvalue weighted by Crippen LogP contribution is -2.22. The van der Waals surface area contributed by atoms with Crippen LogP contribution in [0.4, 0.5) is 0 Å². The minimum atomic E-state index is -1.06. The third-order valence-corrected chi connectivity index (χ3v) is 4.38. The van der Waals surface area contributed by atoms with Crippen LogP contribution >= 0.6 is 11.3 Å². The Balaban J connectivity index is 2.13. The molecule has 0 aliphatic carbocycles. The molecule has 2 heterocycles. The monoisotopic (exact) mass is 330 g/mol. The number of carboxylic acids is 1. The van der Waals surface area contributed by atoms with Crippen molar-refractivity contribution >= 4 is 28.3 Å². The molecule has 0 spiro atoms. The zero-order valence-corrected chi connectivity index (χ0v) is 13.3. The van der Waals surface area contributed by atoms with Crippen LogP contribution in [0.1, 0.15) is 12.5 Å². The van der Waals surface area contributed by atoms with Gasteiger partial charge in [0.05, 0.1) is 0 Å². The summed E-state index contributed by atoms with van der Waals surface area (Å²) in [6.45, 7) is 3.42. The van der Waals surface area contributed by atoms with Crippen LogP contribution in [0.15, 0.2) is 44.2 Å². The van der Waals surface area contributed by atoms with Gasteiger partial charge in [-0.2, -0.15) is 11.3 Å². The molecule has 5 nitrogen and oxygen atoms in total. The summed E-state index contributed by atoms with van der Waals surface area (Å²) >= 11 is 1.57. The Morgan fingerprint density at radius 2 is 2.04 bits per heavy atom. The third kappa shape index (κ3) is 2.98. The fourth-order valence-electron chi connectivity index (χ4n) is 2.33. The van der Waals surface area contributed by atoms with Gasteiger partial charge in [0.1, 0.15) is 11.3 Å². The summed E-state index contributed by atoms with van der Waals surface area (Å²) in [5, 5.41) is 13.7. The number of carboxylic acid groups (broad SMARTS) is 1. The van der Waals surface area contributed by atoms with Gasteiger partial charge in [0.2, 0.25) is 0 Å². The maximum Gasteiger partial charge on any atom is 0.344 e. The van der Waals surface area contributed by atoms with Gasteiger partial charge in [0.25, 0.3) is 0 Å². The number of thiophene rings is 1. The predicted molar refractivity (Wildman–Crippen MR) is 88.3 cm³/mol. The zero-order valence-electron chi connectivity index (χ0n) is 12.5. The molecule has 0 bridgehead atoms. The molecule has 0 radical (unpaired) electrons. The molecule has 1 atom stereocenters. The van der Waals surface area contributed by atoms with Crippen molar-refractivity contribution in [2.75, 3.05) is 0 Å².